The number of unbranched alkanes of at least 4 members (excludes halogenated alkanes) is 7. The van der Waals surface area contributed by atoms with Crippen LogP contribution in [-0.4, -0.2) is 22.6 Å². The van der Waals surface area contributed by atoms with E-state index in [9.17, 15) is 14.7 Å². The second kappa shape index (κ2) is 12.1. The molecule has 0 aliphatic heterocycles. The summed E-state index contributed by atoms with van der Waals surface area (Å²) in [6, 6.07) is 0. The third-order valence-electron chi connectivity index (χ3n) is 5.10. The average molecular weight is 353 g/mol. The molecule has 4 heteroatoms. The Morgan fingerprint density at radius 2 is 1.68 bits per heavy atom. The lowest BCUT2D eigenvalue weighted by molar-refractivity contribution is -0.174. The molecule has 144 valence electrons. The van der Waals surface area contributed by atoms with E-state index in [2.05, 4.69) is 13.8 Å². The molecule has 0 aromatic carbocycles. The van der Waals surface area contributed by atoms with Crippen LogP contribution in [0.25, 0.3) is 0 Å². The average Bonchev–Trinajstić information content (AvgIpc) is 2.60. The molecule has 1 aliphatic rings. The standard InChI is InChI=1S/C21H36O4/c1-3-5-7-9-11-13-19(22)25-21(20(23)24)16-14-18(15-17-21)12-10-8-6-4-2/h14,16,18H,3-13,15,17H2,1-2H3,(H,23,24). The van der Waals surface area contributed by atoms with Crippen molar-refractivity contribution in [1.29, 1.82) is 0 Å². The van der Waals surface area contributed by atoms with Crippen molar-refractivity contribution in [3.05, 3.63) is 12.2 Å². The summed E-state index contributed by atoms with van der Waals surface area (Å²) in [4.78, 5) is 23.8. The molecular weight excluding hydrogens is 316 g/mol. The molecule has 0 saturated heterocycles. The highest BCUT2D eigenvalue weighted by atomic mass is 16.6. The van der Waals surface area contributed by atoms with E-state index in [1.54, 1.807) is 6.08 Å². The first-order chi connectivity index (χ1) is 12.0. The Labute approximate surface area is 153 Å². The van der Waals surface area contributed by atoms with Gasteiger partial charge in [0.1, 0.15) is 0 Å². The van der Waals surface area contributed by atoms with Crippen LogP contribution in [0.15, 0.2) is 12.2 Å². The molecule has 0 radical (unpaired) electrons. The van der Waals surface area contributed by atoms with Crippen LogP contribution in [-0.2, 0) is 14.3 Å². The molecule has 0 heterocycles. The molecule has 4 nitrogen and oxygen atoms in total. The quantitative estimate of drug-likeness (QED) is 0.264. The van der Waals surface area contributed by atoms with Gasteiger partial charge in [-0.05, 0) is 31.3 Å². The molecule has 0 saturated carbocycles. The van der Waals surface area contributed by atoms with E-state index in [4.69, 9.17) is 4.74 Å². The number of carboxylic acid groups (broad SMARTS) is 1. The summed E-state index contributed by atoms with van der Waals surface area (Å²) >= 11 is 0. The Morgan fingerprint density at radius 3 is 2.24 bits per heavy atom. The Kier molecular flexibility index (Phi) is 10.5. The van der Waals surface area contributed by atoms with Crippen molar-refractivity contribution in [3.8, 4) is 0 Å². The van der Waals surface area contributed by atoms with Crippen molar-refractivity contribution < 1.29 is 19.4 Å². The minimum Gasteiger partial charge on any atom is -0.478 e. The first kappa shape index (κ1) is 21.7. The van der Waals surface area contributed by atoms with E-state index in [-0.39, 0.29) is 5.97 Å². The maximum absolute atomic E-state index is 12.1. The molecule has 2 atom stereocenters. The van der Waals surface area contributed by atoms with E-state index in [0.717, 1.165) is 38.5 Å². The van der Waals surface area contributed by atoms with Crippen LogP contribution in [0.5, 0.6) is 0 Å². The fraction of sp³-hybridized carbons (Fsp3) is 0.810. The van der Waals surface area contributed by atoms with E-state index >= 15 is 0 Å². The molecule has 25 heavy (non-hydrogen) atoms. The first-order valence-electron chi connectivity index (χ1n) is 10.2. The number of carboxylic acids is 1. The van der Waals surface area contributed by atoms with Gasteiger partial charge in [0.2, 0.25) is 5.60 Å². The van der Waals surface area contributed by atoms with Crippen molar-refractivity contribution in [1.82, 2.24) is 0 Å². The number of aliphatic carboxylic acids is 1. The molecule has 1 rings (SSSR count). The van der Waals surface area contributed by atoms with Crippen LogP contribution in [0, 0.1) is 5.92 Å². The monoisotopic (exact) mass is 352 g/mol. The van der Waals surface area contributed by atoms with Crippen LogP contribution < -0.4 is 0 Å². The van der Waals surface area contributed by atoms with Gasteiger partial charge in [-0.15, -0.1) is 0 Å². The zero-order chi connectivity index (χ0) is 18.5. The summed E-state index contributed by atoms with van der Waals surface area (Å²) in [5.74, 6) is -1.02. The number of allylic oxidation sites excluding steroid dienone is 1. The van der Waals surface area contributed by atoms with E-state index < -0.39 is 11.6 Å². The Morgan fingerprint density at radius 1 is 1.04 bits per heavy atom. The molecule has 2 unspecified atom stereocenters. The summed E-state index contributed by atoms with van der Waals surface area (Å²) in [5, 5.41) is 9.58. The lowest BCUT2D eigenvalue weighted by Gasteiger charge is -2.31. The van der Waals surface area contributed by atoms with E-state index in [1.165, 1.54) is 32.1 Å². The van der Waals surface area contributed by atoms with Crippen LogP contribution in [0.1, 0.15) is 97.3 Å². The summed E-state index contributed by atoms with van der Waals surface area (Å²) in [6.07, 6.45) is 16.3. The number of carbonyl (C=O) groups excluding carboxylic acids is 1. The second-order valence-corrected chi connectivity index (χ2v) is 7.34. The van der Waals surface area contributed by atoms with Gasteiger partial charge in [0.15, 0.2) is 0 Å². The van der Waals surface area contributed by atoms with Gasteiger partial charge >= 0.3 is 11.9 Å². The van der Waals surface area contributed by atoms with Crippen molar-refractivity contribution in [2.24, 2.45) is 5.92 Å². The zero-order valence-corrected chi connectivity index (χ0v) is 16.1. The van der Waals surface area contributed by atoms with Crippen molar-refractivity contribution in [3.63, 3.8) is 0 Å². The lowest BCUT2D eigenvalue weighted by Crippen LogP contribution is -2.43. The molecule has 0 fully saturated rings. The predicted octanol–water partition coefficient (Wildman–Crippen LogP) is 5.65. The van der Waals surface area contributed by atoms with Gasteiger partial charge in [-0.2, -0.15) is 0 Å². The van der Waals surface area contributed by atoms with Gasteiger partial charge in [-0.25, -0.2) is 4.79 Å². The van der Waals surface area contributed by atoms with Gasteiger partial charge in [0.05, 0.1) is 0 Å². The van der Waals surface area contributed by atoms with Gasteiger partial charge < -0.3 is 9.84 Å². The van der Waals surface area contributed by atoms with Crippen LogP contribution in [0.4, 0.5) is 0 Å². The van der Waals surface area contributed by atoms with Gasteiger partial charge in [-0.3, -0.25) is 4.79 Å². The number of rotatable bonds is 13. The number of ether oxygens (including phenoxy) is 1. The predicted molar refractivity (Wildman–Crippen MR) is 100 cm³/mol. The Balaban J connectivity index is 2.44. The fourth-order valence-corrected chi connectivity index (χ4v) is 3.38. The van der Waals surface area contributed by atoms with Crippen molar-refractivity contribution in [2.75, 3.05) is 0 Å². The molecular formula is C21H36O4. The molecule has 0 aromatic rings. The second-order valence-electron chi connectivity index (χ2n) is 7.34. The fourth-order valence-electron chi connectivity index (χ4n) is 3.38. The van der Waals surface area contributed by atoms with Crippen LogP contribution in [0.3, 0.4) is 0 Å². The third-order valence-corrected chi connectivity index (χ3v) is 5.10. The normalized spacial score (nSPS) is 22.7. The van der Waals surface area contributed by atoms with Gasteiger partial charge in [0.25, 0.3) is 0 Å². The molecule has 1 aliphatic carbocycles. The molecule has 0 aromatic heterocycles. The number of hydrogen-bond donors (Lipinski definition) is 1. The number of carbonyl (C=O) groups is 2. The summed E-state index contributed by atoms with van der Waals surface area (Å²) < 4.78 is 5.41. The summed E-state index contributed by atoms with van der Waals surface area (Å²) in [5.41, 5.74) is -1.44. The largest absolute Gasteiger partial charge is 0.478 e. The Bertz CT molecular complexity index is 430. The van der Waals surface area contributed by atoms with E-state index in [1.807, 2.05) is 6.08 Å². The maximum Gasteiger partial charge on any atom is 0.352 e. The molecule has 1 N–H and O–H groups in total. The number of hydrogen-bond acceptors (Lipinski definition) is 3. The number of esters is 1. The smallest absolute Gasteiger partial charge is 0.352 e. The molecule has 0 amide bonds. The van der Waals surface area contributed by atoms with Gasteiger partial charge in [-0.1, -0.05) is 71.3 Å². The van der Waals surface area contributed by atoms with Crippen molar-refractivity contribution >= 4 is 11.9 Å². The minimum atomic E-state index is -1.44. The van der Waals surface area contributed by atoms with Crippen molar-refractivity contribution in [2.45, 2.75) is 103 Å². The SMILES string of the molecule is CCCCCCCC(=O)OC1(C(=O)O)C=CC(CCCCCC)CC1. The van der Waals surface area contributed by atoms with Crippen LogP contribution in [0.2, 0.25) is 0 Å². The molecule has 0 bridgehead atoms. The first-order valence-corrected chi connectivity index (χ1v) is 10.2. The highest BCUT2D eigenvalue weighted by Gasteiger charge is 2.42. The van der Waals surface area contributed by atoms with Crippen LogP contribution >= 0.6 is 0 Å². The zero-order valence-electron chi connectivity index (χ0n) is 16.1. The summed E-state index contributed by atoms with van der Waals surface area (Å²) in [6.45, 7) is 4.34. The highest BCUT2D eigenvalue weighted by molar-refractivity contribution is 5.84. The third kappa shape index (κ3) is 8.06. The highest BCUT2D eigenvalue weighted by Crippen LogP contribution is 2.32. The molecule has 0 spiro atoms. The van der Waals surface area contributed by atoms with E-state index in [0.29, 0.717) is 18.8 Å². The minimum absolute atomic E-state index is 0.313. The Hall–Kier alpha value is -1.32. The lowest BCUT2D eigenvalue weighted by atomic mass is 9.82. The maximum atomic E-state index is 12.1. The topological polar surface area (TPSA) is 63.6 Å². The van der Waals surface area contributed by atoms with Gasteiger partial charge in [0, 0.05) is 12.8 Å². The summed E-state index contributed by atoms with van der Waals surface area (Å²) in [7, 11) is 0.